The number of rotatable bonds is 3. The Bertz CT molecular complexity index is 574. The third-order valence-corrected chi connectivity index (χ3v) is 4.71. The molecule has 0 bridgehead atoms. The predicted octanol–water partition coefficient (Wildman–Crippen LogP) is 4.88. The van der Waals surface area contributed by atoms with Gasteiger partial charge in [-0.1, -0.05) is 23.2 Å². The van der Waals surface area contributed by atoms with Gasteiger partial charge in [0.15, 0.2) is 0 Å². The van der Waals surface area contributed by atoms with Gasteiger partial charge in [-0.15, -0.1) is 11.3 Å². The van der Waals surface area contributed by atoms with E-state index in [-0.39, 0.29) is 6.04 Å². The molecule has 0 aromatic carbocycles. The molecule has 2 nitrogen and oxygen atoms in total. The fourth-order valence-electron chi connectivity index (χ4n) is 2.24. The molecule has 0 aliphatic rings. The average molecular weight is 304 g/mol. The minimum atomic E-state index is 0.0127. The molecule has 0 radical (unpaired) electrons. The molecule has 0 fully saturated rings. The van der Waals surface area contributed by atoms with E-state index >= 15 is 0 Å². The number of hydrogen-bond donors (Lipinski definition) is 1. The van der Waals surface area contributed by atoms with Crippen molar-refractivity contribution in [2.24, 2.45) is 0 Å². The van der Waals surface area contributed by atoms with Gasteiger partial charge < -0.3 is 9.73 Å². The second-order valence-electron chi connectivity index (χ2n) is 4.25. The van der Waals surface area contributed by atoms with E-state index in [2.05, 4.69) is 12.2 Å². The van der Waals surface area contributed by atoms with Crippen LogP contribution in [0.25, 0.3) is 0 Å². The highest BCUT2D eigenvalue weighted by Gasteiger charge is 2.24. The number of hydrogen-bond acceptors (Lipinski definition) is 3. The fourth-order valence-corrected chi connectivity index (χ4v) is 3.77. The van der Waals surface area contributed by atoms with Gasteiger partial charge in [0.05, 0.1) is 14.7 Å². The Hall–Kier alpha value is -0.480. The molecular formula is C13H15Cl2NOS. The SMILES string of the molecule is CNC(c1cc(Cl)sc1Cl)c1c(C)oc(C)c1C. The highest BCUT2D eigenvalue weighted by molar-refractivity contribution is 7.20. The number of halogens is 2. The summed E-state index contributed by atoms with van der Waals surface area (Å²) >= 11 is 13.7. The molecule has 0 saturated carbocycles. The van der Waals surface area contributed by atoms with Crippen molar-refractivity contribution in [1.82, 2.24) is 5.32 Å². The molecule has 2 heterocycles. The third-order valence-electron chi connectivity index (χ3n) is 3.19. The van der Waals surface area contributed by atoms with Crippen LogP contribution in [0, 0.1) is 20.8 Å². The van der Waals surface area contributed by atoms with Gasteiger partial charge in [0.2, 0.25) is 0 Å². The first-order chi connectivity index (χ1) is 8.45. The smallest absolute Gasteiger partial charge is 0.106 e. The predicted molar refractivity (Wildman–Crippen MR) is 78.2 cm³/mol. The lowest BCUT2D eigenvalue weighted by Crippen LogP contribution is -2.18. The van der Waals surface area contributed by atoms with Crippen LogP contribution in [-0.4, -0.2) is 7.05 Å². The lowest BCUT2D eigenvalue weighted by molar-refractivity contribution is 0.496. The Morgan fingerprint density at radius 3 is 2.28 bits per heavy atom. The van der Waals surface area contributed by atoms with Gasteiger partial charge in [0, 0.05) is 11.1 Å². The molecule has 0 aliphatic carbocycles. The van der Waals surface area contributed by atoms with Crippen molar-refractivity contribution in [3.05, 3.63) is 42.9 Å². The van der Waals surface area contributed by atoms with Crippen molar-refractivity contribution >= 4 is 34.5 Å². The molecule has 0 spiro atoms. The van der Waals surface area contributed by atoms with Gasteiger partial charge in [-0.3, -0.25) is 0 Å². The molecule has 98 valence electrons. The van der Waals surface area contributed by atoms with Crippen molar-refractivity contribution in [2.75, 3.05) is 7.05 Å². The maximum atomic E-state index is 6.24. The van der Waals surface area contributed by atoms with Crippen molar-refractivity contribution < 1.29 is 4.42 Å². The second-order valence-corrected chi connectivity index (χ2v) is 6.54. The Morgan fingerprint density at radius 2 is 1.89 bits per heavy atom. The Labute approximate surface area is 121 Å². The molecule has 0 amide bonds. The minimum absolute atomic E-state index is 0.0127. The topological polar surface area (TPSA) is 25.2 Å². The van der Waals surface area contributed by atoms with E-state index in [1.807, 2.05) is 27.0 Å². The van der Waals surface area contributed by atoms with E-state index in [0.29, 0.717) is 4.34 Å². The van der Waals surface area contributed by atoms with Crippen LogP contribution in [0.3, 0.4) is 0 Å². The molecule has 0 saturated heterocycles. The number of nitrogens with one attached hydrogen (secondary N) is 1. The van der Waals surface area contributed by atoms with Gasteiger partial charge in [0.25, 0.3) is 0 Å². The van der Waals surface area contributed by atoms with Crippen LogP contribution in [0.1, 0.15) is 34.3 Å². The van der Waals surface area contributed by atoms with E-state index in [9.17, 15) is 0 Å². The molecule has 18 heavy (non-hydrogen) atoms. The summed E-state index contributed by atoms with van der Waals surface area (Å²) in [5.41, 5.74) is 3.30. The minimum Gasteiger partial charge on any atom is -0.466 e. The van der Waals surface area contributed by atoms with E-state index in [1.165, 1.54) is 11.3 Å². The molecule has 2 aromatic rings. The quantitative estimate of drug-likeness (QED) is 0.874. The van der Waals surface area contributed by atoms with E-state index in [0.717, 1.165) is 32.5 Å². The first kappa shape index (κ1) is 13.9. The van der Waals surface area contributed by atoms with Crippen LogP contribution < -0.4 is 5.32 Å². The van der Waals surface area contributed by atoms with E-state index in [1.54, 1.807) is 0 Å². The van der Waals surface area contributed by atoms with Crippen molar-refractivity contribution in [3.8, 4) is 0 Å². The van der Waals surface area contributed by atoms with E-state index in [4.69, 9.17) is 27.6 Å². The summed E-state index contributed by atoms with van der Waals surface area (Å²) in [6.45, 7) is 6.01. The zero-order chi connectivity index (χ0) is 13.4. The third kappa shape index (κ3) is 2.32. The Morgan fingerprint density at radius 1 is 1.22 bits per heavy atom. The lowest BCUT2D eigenvalue weighted by atomic mass is 9.97. The van der Waals surface area contributed by atoms with E-state index < -0.39 is 0 Å². The summed E-state index contributed by atoms with van der Waals surface area (Å²) in [4.78, 5) is 0. The summed E-state index contributed by atoms with van der Waals surface area (Å²) in [7, 11) is 1.91. The molecule has 1 unspecified atom stereocenters. The molecule has 2 aromatic heterocycles. The largest absolute Gasteiger partial charge is 0.466 e. The Balaban J connectivity index is 2.55. The summed E-state index contributed by atoms with van der Waals surface area (Å²) in [6, 6.07) is 1.93. The van der Waals surface area contributed by atoms with Crippen LogP contribution in [-0.2, 0) is 0 Å². The molecule has 2 rings (SSSR count). The monoisotopic (exact) mass is 303 g/mol. The molecular weight excluding hydrogens is 289 g/mol. The maximum absolute atomic E-state index is 6.24. The Kier molecular flexibility index (Phi) is 4.07. The normalized spacial score (nSPS) is 13.0. The van der Waals surface area contributed by atoms with Crippen LogP contribution in [0.5, 0.6) is 0 Å². The first-order valence-electron chi connectivity index (χ1n) is 5.64. The number of thiophene rings is 1. The summed E-state index contributed by atoms with van der Waals surface area (Å²) in [5.74, 6) is 1.86. The highest BCUT2D eigenvalue weighted by atomic mass is 35.5. The van der Waals surface area contributed by atoms with Crippen LogP contribution >= 0.6 is 34.5 Å². The summed E-state index contributed by atoms with van der Waals surface area (Å²) in [5, 5.41) is 3.29. The molecule has 0 aliphatic heterocycles. The number of furan rings is 1. The average Bonchev–Trinajstić information content (AvgIpc) is 2.74. The van der Waals surface area contributed by atoms with Gasteiger partial charge in [0.1, 0.15) is 11.5 Å². The van der Waals surface area contributed by atoms with Gasteiger partial charge >= 0.3 is 0 Å². The van der Waals surface area contributed by atoms with Crippen LogP contribution in [0.15, 0.2) is 10.5 Å². The van der Waals surface area contributed by atoms with Crippen molar-refractivity contribution in [2.45, 2.75) is 26.8 Å². The lowest BCUT2D eigenvalue weighted by Gasteiger charge is -2.16. The van der Waals surface area contributed by atoms with Crippen LogP contribution in [0.2, 0.25) is 8.67 Å². The van der Waals surface area contributed by atoms with Crippen LogP contribution in [0.4, 0.5) is 0 Å². The van der Waals surface area contributed by atoms with Gasteiger partial charge in [-0.2, -0.15) is 0 Å². The zero-order valence-electron chi connectivity index (χ0n) is 10.7. The molecule has 1 atom stereocenters. The van der Waals surface area contributed by atoms with Gasteiger partial charge in [-0.05, 0) is 39.4 Å². The zero-order valence-corrected chi connectivity index (χ0v) is 13.1. The standard InChI is InChI=1S/C13H15Cl2NOS/c1-6-7(2)17-8(3)11(6)12(16-4)9-5-10(14)18-13(9)15/h5,12,16H,1-4H3. The molecule has 1 N–H and O–H groups in total. The highest BCUT2D eigenvalue weighted by Crippen LogP contribution is 2.39. The van der Waals surface area contributed by atoms with Gasteiger partial charge in [-0.25, -0.2) is 0 Å². The summed E-state index contributed by atoms with van der Waals surface area (Å²) in [6.07, 6.45) is 0. The van der Waals surface area contributed by atoms with Crippen molar-refractivity contribution in [1.29, 1.82) is 0 Å². The fraction of sp³-hybridized carbons (Fsp3) is 0.385. The maximum Gasteiger partial charge on any atom is 0.106 e. The second kappa shape index (κ2) is 5.25. The first-order valence-corrected chi connectivity index (χ1v) is 7.21. The molecule has 5 heteroatoms. The number of aryl methyl sites for hydroxylation is 2. The summed E-state index contributed by atoms with van der Waals surface area (Å²) < 4.78 is 7.10. The van der Waals surface area contributed by atoms with Crippen molar-refractivity contribution in [3.63, 3.8) is 0 Å².